The Morgan fingerprint density at radius 2 is 2.10 bits per heavy atom. The number of carboxylic acid groups (broad SMARTS) is 1. The Bertz CT molecular complexity index is 611. The van der Waals surface area contributed by atoms with Crippen molar-refractivity contribution in [3.63, 3.8) is 0 Å². The number of hydrogen-bond donors (Lipinski definition) is 2. The maximum atomic E-state index is 12.0. The van der Waals surface area contributed by atoms with E-state index in [1.54, 1.807) is 6.92 Å². The predicted molar refractivity (Wildman–Crippen MR) is 72.2 cm³/mol. The van der Waals surface area contributed by atoms with E-state index < -0.39 is 28.0 Å². The van der Waals surface area contributed by atoms with E-state index in [2.05, 4.69) is 14.4 Å². The second kappa shape index (κ2) is 7.14. The minimum atomic E-state index is -4.02. The highest BCUT2D eigenvalue weighted by molar-refractivity contribution is 7.89. The summed E-state index contributed by atoms with van der Waals surface area (Å²) in [6, 6.07) is 1.14. The molecule has 9 heteroatoms. The Hall–Kier alpha value is -2.00. The fourth-order valence-corrected chi connectivity index (χ4v) is 2.71. The molecule has 1 unspecified atom stereocenters. The number of methoxy groups -OCH3 is 1. The monoisotopic (exact) mass is 316 g/mol. The second-order valence-electron chi connectivity index (χ2n) is 4.17. The van der Waals surface area contributed by atoms with Gasteiger partial charge >= 0.3 is 11.9 Å². The summed E-state index contributed by atoms with van der Waals surface area (Å²) in [5.41, 5.74) is -0.0419. The van der Waals surface area contributed by atoms with Crippen molar-refractivity contribution in [2.24, 2.45) is 0 Å². The molecule has 0 spiro atoms. The lowest BCUT2D eigenvalue weighted by molar-refractivity contribution is -0.139. The van der Waals surface area contributed by atoms with Gasteiger partial charge in [-0.2, -0.15) is 4.72 Å². The molecule has 0 fully saturated rings. The Morgan fingerprint density at radius 1 is 1.43 bits per heavy atom. The number of aliphatic carboxylic acids is 1. The number of rotatable bonds is 7. The number of pyridine rings is 1. The Balaban J connectivity index is 2.97. The highest BCUT2D eigenvalue weighted by Crippen LogP contribution is 2.10. The molecule has 2 N–H and O–H groups in total. The minimum absolute atomic E-state index is 0.0419. The molecule has 0 saturated heterocycles. The van der Waals surface area contributed by atoms with Gasteiger partial charge in [0.2, 0.25) is 10.0 Å². The fraction of sp³-hybridized carbons (Fsp3) is 0.417. The van der Waals surface area contributed by atoms with Gasteiger partial charge < -0.3 is 9.84 Å². The summed E-state index contributed by atoms with van der Waals surface area (Å²) in [6.07, 6.45) is 1.65. The molecule has 0 radical (unpaired) electrons. The normalized spacial score (nSPS) is 12.7. The van der Waals surface area contributed by atoms with Crippen LogP contribution in [0.5, 0.6) is 0 Å². The van der Waals surface area contributed by atoms with E-state index in [4.69, 9.17) is 5.11 Å². The molecule has 0 saturated carbocycles. The van der Waals surface area contributed by atoms with Crippen molar-refractivity contribution in [3.05, 3.63) is 24.0 Å². The molecule has 1 aromatic heterocycles. The van der Waals surface area contributed by atoms with Crippen LogP contribution in [-0.4, -0.2) is 43.6 Å². The van der Waals surface area contributed by atoms with Crippen molar-refractivity contribution in [2.45, 2.75) is 30.7 Å². The molecule has 0 bridgehead atoms. The van der Waals surface area contributed by atoms with Gasteiger partial charge in [0.15, 0.2) is 0 Å². The van der Waals surface area contributed by atoms with E-state index in [1.165, 1.54) is 13.2 Å². The van der Waals surface area contributed by atoms with Crippen LogP contribution in [0.25, 0.3) is 0 Å². The molecule has 0 aromatic carbocycles. The van der Waals surface area contributed by atoms with Crippen LogP contribution in [-0.2, 0) is 19.6 Å². The number of nitrogens with one attached hydrogen (secondary N) is 1. The van der Waals surface area contributed by atoms with Crippen LogP contribution < -0.4 is 4.72 Å². The van der Waals surface area contributed by atoms with Gasteiger partial charge in [0.25, 0.3) is 0 Å². The molecule has 1 aromatic rings. The summed E-state index contributed by atoms with van der Waals surface area (Å²) in [5, 5.41) is 8.96. The van der Waals surface area contributed by atoms with Crippen LogP contribution in [0.3, 0.4) is 0 Å². The average molecular weight is 316 g/mol. The molecule has 0 aliphatic heterocycles. The summed E-state index contributed by atoms with van der Waals surface area (Å²) in [4.78, 5) is 25.6. The summed E-state index contributed by atoms with van der Waals surface area (Å²) < 4.78 is 30.6. The fourth-order valence-electron chi connectivity index (χ4n) is 1.54. The third-order valence-corrected chi connectivity index (χ3v) is 4.07. The third-order valence-electron chi connectivity index (χ3n) is 2.61. The smallest absolute Gasteiger partial charge is 0.356 e. The number of sulfonamides is 1. The Morgan fingerprint density at radius 3 is 2.52 bits per heavy atom. The van der Waals surface area contributed by atoms with Gasteiger partial charge in [0.05, 0.1) is 7.11 Å². The maximum Gasteiger partial charge on any atom is 0.356 e. The molecular weight excluding hydrogens is 300 g/mol. The number of ether oxygens (including phenoxy) is 1. The first-order chi connectivity index (χ1) is 9.81. The Kier molecular flexibility index (Phi) is 5.79. The van der Waals surface area contributed by atoms with Gasteiger partial charge in [0.1, 0.15) is 16.6 Å². The van der Waals surface area contributed by atoms with Crippen molar-refractivity contribution in [1.82, 2.24) is 9.71 Å². The van der Waals surface area contributed by atoms with Crippen LogP contribution in [0.4, 0.5) is 0 Å². The Labute approximate surface area is 122 Å². The average Bonchev–Trinajstić information content (AvgIpc) is 2.45. The van der Waals surface area contributed by atoms with E-state index in [1.807, 2.05) is 0 Å². The quantitative estimate of drug-likeness (QED) is 0.698. The molecular formula is C12H16N2O6S. The lowest BCUT2D eigenvalue weighted by Gasteiger charge is -2.13. The second-order valence-corrected chi connectivity index (χ2v) is 5.89. The third kappa shape index (κ3) is 4.50. The van der Waals surface area contributed by atoms with Crippen molar-refractivity contribution in [3.8, 4) is 0 Å². The highest BCUT2D eigenvalue weighted by atomic mass is 32.2. The maximum absolute atomic E-state index is 12.0. The molecule has 1 heterocycles. The molecule has 21 heavy (non-hydrogen) atoms. The first-order valence-electron chi connectivity index (χ1n) is 6.11. The summed E-state index contributed by atoms with van der Waals surface area (Å²) in [7, 11) is -2.84. The van der Waals surface area contributed by atoms with Gasteiger partial charge in [-0.1, -0.05) is 13.3 Å². The van der Waals surface area contributed by atoms with Crippen molar-refractivity contribution in [1.29, 1.82) is 0 Å². The topological polar surface area (TPSA) is 123 Å². The van der Waals surface area contributed by atoms with Crippen LogP contribution in [0.2, 0.25) is 0 Å². The summed E-state index contributed by atoms with van der Waals surface area (Å²) in [5.74, 6) is -1.94. The molecule has 0 aliphatic rings. The van der Waals surface area contributed by atoms with E-state index >= 15 is 0 Å². The zero-order valence-corrected chi connectivity index (χ0v) is 12.4. The van der Waals surface area contributed by atoms with E-state index in [0.717, 1.165) is 12.3 Å². The van der Waals surface area contributed by atoms with Crippen molar-refractivity contribution >= 4 is 22.0 Å². The molecule has 0 amide bonds. The van der Waals surface area contributed by atoms with Crippen LogP contribution in [0.1, 0.15) is 30.3 Å². The highest BCUT2D eigenvalue weighted by Gasteiger charge is 2.25. The number of aromatic nitrogens is 1. The predicted octanol–water partition coefficient (Wildman–Crippen LogP) is 0.400. The van der Waals surface area contributed by atoms with Crippen LogP contribution in [0.15, 0.2) is 23.2 Å². The lowest BCUT2D eigenvalue weighted by atomic mass is 10.2. The number of carbonyl (C=O) groups is 2. The number of carbonyl (C=O) groups excluding carboxylic acids is 1. The number of esters is 1. The minimum Gasteiger partial charge on any atom is -0.480 e. The molecule has 8 nitrogen and oxygen atoms in total. The van der Waals surface area contributed by atoms with Gasteiger partial charge in [0, 0.05) is 6.20 Å². The van der Waals surface area contributed by atoms with E-state index in [0.29, 0.717) is 6.42 Å². The molecule has 1 atom stereocenters. The lowest BCUT2D eigenvalue weighted by Crippen LogP contribution is -2.40. The number of carboxylic acids is 1. The van der Waals surface area contributed by atoms with Gasteiger partial charge in [-0.05, 0) is 18.6 Å². The standard InChI is InChI=1S/C12H16N2O6S/c1-3-4-9(11(15)16)14-21(18,19)8-5-6-10(13-7-8)12(17)20-2/h5-7,9,14H,3-4H2,1-2H3,(H,15,16). The van der Waals surface area contributed by atoms with Gasteiger partial charge in [-0.3, -0.25) is 4.79 Å². The van der Waals surface area contributed by atoms with E-state index in [9.17, 15) is 18.0 Å². The summed E-state index contributed by atoms with van der Waals surface area (Å²) >= 11 is 0. The van der Waals surface area contributed by atoms with Gasteiger partial charge in [-0.25, -0.2) is 18.2 Å². The van der Waals surface area contributed by atoms with Gasteiger partial charge in [-0.15, -0.1) is 0 Å². The zero-order chi connectivity index (χ0) is 16.0. The SMILES string of the molecule is CCCC(NS(=O)(=O)c1ccc(C(=O)OC)nc1)C(=O)O. The molecule has 1 rings (SSSR count). The number of nitrogens with zero attached hydrogens (tertiary/aromatic N) is 1. The first kappa shape index (κ1) is 17.1. The van der Waals surface area contributed by atoms with Crippen LogP contribution >= 0.6 is 0 Å². The summed E-state index contributed by atoms with van der Waals surface area (Å²) in [6.45, 7) is 1.75. The largest absolute Gasteiger partial charge is 0.480 e. The van der Waals surface area contributed by atoms with Crippen molar-refractivity contribution in [2.75, 3.05) is 7.11 Å². The van der Waals surface area contributed by atoms with Crippen molar-refractivity contribution < 1.29 is 27.9 Å². The first-order valence-corrected chi connectivity index (χ1v) is 7.59. The van der Waals surface area contributed by atoms with Crippen LogP contribution in [0, 0.1) is 0 Å². The number of hydrogen-bond acceptors (Lipinski definition) is 6. The molecule has 0 aliphatic carbocycles. The van der Waals surface area contributed by atoms with E-state index in [-0.39, 0.29) is 17.0 Å². The zero-order valence-electron chi connectivity index (χ0n) is 11.6. The molecule has 116 valence electrons.